The van der Waals surface area contributed by atoms with Crippen LogP contribution in [0.4, 0.5) is 0 Å². The number of H-pyrrole nitrogens is 1. The highest BCUT2D eigenvalue weighted by molar-refractivity contribution is 5.86. The zero-order valence-electron chi connectivity index (χ0n) is 14.2. The number of nitrogens with zero attached hydrogens (tertiary/aromatic N) is 1. The average molecular weight is 312 g/mol. The van der Waals surface area contributed by atoms with Crippen molar-refractivity contribution in [1.82, 2.24) is 9.88 Å². The van der Waals surface area contributed by atoms with Gasteiger partial charge in [-0.1, -0.05) is 37.5 Å². The van der Waals surface area contributed by atoms with Crippen LogP contribution in [0.1, 0.15) is 49.3 Å². The van der Waals surface area contributed by atoms with Crippen LogP contribution >= 0.6 is 0 Å². The van der Waals surface area contributed by atoms with Gasteiger partial charge in [0.25, 0.3) is 0 Å². The van der Waals surface area contributed by atoms with E-state index in [1.165, 1.54) is 54.1 Å². The maximum Gasteiger partial charge on any atom is 0.0594 e. The number of para-hydroxylation sites is 1. The normalized spacial score (nSPS) is 22.5. The molecule has 2 heterocycles. The summed E-state index contributed by atoms with van der Waals surface area (Å²) in [7, 11) is 0. The van der Waals surface area contributed by atoms with Crippen molar-refractivity contribution in [3.8, 4) is 0 Å². The van der Waals surface area contributed by atoms with Crippen molar-refractivity contribution >= 4 is 10.9 Å². The number of fused-ring (bicyclic) bond motifs is 1. The van der Waals surface area contributed by atoms with Gasteiger partial charge in [-0.15, -0.1) is 0 Å². The van der Waals surface area contributed by atoms with E-state index in [2.05, 4.69) is 41.2 Å². The Morgan fingerprint density at radius 1 is 1.13 bits per heavy atom. The maximum atomic E-state index is 5.61. The second-order valence-corrected chi connectivity index (χ2v) is 7.23. The molecular formula is C20H28N2O. The first-order chi connectivity index (χ1) is 11.3. The number of benzene rings is 1. The summed E-state index contributed by atoms with van der Waals surface area (Å²) in [6, 6.07) is 7.25. The Kier molecular flexibility index (Phi) is 4.41. The Bertz CT molecular complexity index is 633. The number of aromatic nitrogens is 1. The number of morpholine rings is 1. The SMILES string of the molecule is Cc1cccc2c(C(C3CCCCC3)N3CCOCC3)c[nH]c12. The molecule has 1 N–H and O–H groups in total. The van der Waals surface area contributed by atoms with Crippen molar-refractivity contribution in [2.75, 3.05) is 26.3 Å². The van der Waals surface area contributed by atoms with Crippen LogP contribution in [0.3, 0.4) is 0 Å². The fourth-order valence-corrected chi connectivity index (χ4v) is 4.63. The predicted molar refractivity (Wildman–Crippen MR) is 94.7 cm³/mol. The van der Waals surface area contributed by atoms with E-state index in [0.717, 1.165) is 32.2 Å². The Morgan fingerprint density at radius 2 is 1.91 bits per heavy atom. The predicted octanol–water partition coefficient (Wildman–Crippen LogP) is 4.43. The standard InChI is InChI=1S/C20H28N2O/c1-15-6-5-9-17-18(14-21-19(15)17)20(16-7-3-2-4-8-16)22-10-12-23-13-11-22/h5-6,9,14,16,20-21H,2-4,7-8,10-13H2,1H3. The zero-order valence-corrected chi connectivity index (χ0v) is 14.2. The smallest absolute Gasteiger partial charge is 0.0594 e. The molecule has 1 unspecified atom stereocenters. The number of nitrogens with one attached hydrogen (secondary N) is 1. The van der Waals surface area contributed by atoms with Crippen molar-refractivity contribution in [3.05, 3.63) is 35.5 Å². The van der Waals surface area contributed by atoms with E-state index in [0.29, 0.717) is 6.04 Å². The summed E-state index contributed by atoms with van der Waals surface area (Å²) in [5, 5.41) is 1.42. The molecule has 1 aromatic carbocycles. The minimum Gasteiger partial charge on any atom is -0.379 e. The Labute approximate surface area is 139 Å². The summed E-state index contributed by atoms with van der Waals surface area (Å²) in [5.74, 6) is 0.793. The fraction of sp³-hybridized carbons (Fsp3) is 0.600. The number of rotatable bonds is 3. The molecule has 0 amide bonds. The molecule has 0 spiro atoms. The van der Waals surface area contributed by atoms with E-state index in [4.69, 9.17) is 4.74 Å². The Morgan fingerprint density at radius 3 is 2.70 bits per heavy atom. The van der Waals surface area contributed by atoms with E-state index in [-0.39, 0.29) is 0 Å². The summed E-state index contributed by atoms with van der Waals surface area (Å²) in [6.07, 6.45) is 9.24. The van der Waals surface area contributed by atoms with Crippen LogP contribution < -0.4 is 0 Å². The van der Waals surface area contributed by atoms with E-state index < -0.39 is 0 Å². The van der Waals surface area contributed by atoms with Crippen molar-refractivity contribution in [2.24, 2.45) is 5.92 Å². The van der Waals surface area contributed by atoms with E-state index in [1.54, 1.807) is 0 Å². The first-order valence-electron chi connectivity index (χ1n) is 9.23. The van der Waals surface area contributed by atoms with Gasteiger partial charge in [0.15, 0.2) is 0 Å². The molecule has 2 aromatic rings. The van der Waals surface area contributed by atoms with Crippen molar-refractivity contribution in [3.63, 3.8) is 0 Å². The summed E-state index contributed by atoms with van der Waals surface area (Å²) >= 11 is 0. The Hall–Kier alpha value is -1.32. The molecular weight excluding hydrogens is 284 g/mol. The topological polar surface area (TPSA) is 28.3 Å². The lowest BCUT2D eigenvalue weighted by Gasteiger charge is -2.40. The van der Waals surface area contributed by atoms with Gasteiger partial charge in [-0.25, -0.2) is 0 Å². The van der Waals surface area contributed by atoms with Crippen LogP contribution in [-0.4, -0.2) is 36.2 Å². The van der Waals surface area contributed by atoms with Crippen molar-refractivity contribution in [2.45, 2.75) is 45.1 Å². The third-order valence-corrected chi connectivity index (χ3v) is 5.81. The number of hydrogen-bond donors (Lipinski definition) is 1. The second-order valence-electron chi connectivity index (χ2n) is 7.23. The van der Waals surface area contributed by atoms with Crippen molar-refractivity contribution in [1.29, 1.82) is 0 Å². The minimum atomic E-state index is 0.551. The van der Waals surface area contributed by atoms with Crippen LogP contribution in [0.15, 0.2) is 24.4 Å². The highest BCUT2D eigenvalue weighted by Gasteiger charge is 2.32. The van der Waals surface area contributed by atoms with Crippen LogP contribution in [0, 0.1) is 12.8 Å². The van der Waals surface area contributed by atoms with Gasteiger partial charge in [-0.3, -0.25) is 4.90 Å². The van der Waals surface area contributed by atoms with E-state index >= 15 is 0 Å². The summed E-state index contributed by atoms with van der Waals surface area (Å²) in [4.78, 5) is 6.24. The summed E-state index contributed by atoms with van der Waals surface area (Å²) in [5.41, 5.74) is 4.17. The summed E-state index contributed by atoms with van der Waals surface area (Å²) in [6.45, 7) is 6.10. The minimum absolute atomic E-state index is 0.551. The quantitative estimate of drug-likeness (QED) is 0.908. The molecule has 2 aliphatic rings. The van der Waals surface area contributed by atoms with Crippen molar-refractivity contribution < 1.29 is 4.74 Å². The molecule has 1 atom stereocenters. The fourth-order valence-electron chi connectivity index (χ4n) is 4.63. The third-order valence-electron chi connectivity index (χ3n) is 5.81. The van der Waals surface area contributed by atoms with Gasteiger partial charge in [-0.05, 0) is 36.8 Å². The van der Waals surface area contributed by atoms with Gasteiger partial charge in [0.2, 0.25) is 0 Å². The van der Waals surface area contributed by atoms with Gasteiger partial charge in [-0.2, -0.15) is 0 Å². The molecule has 3 nitrogen and oxygen atoms in total. The lowest BCUT2D eigenvalue weighted by atomic mass is 9.80. The molecule has 4 rings (SSSR count). The molecule has 2 fully saturated rings. The first kappa shape index (κ1) is 15.2. The lowest BCUT2D eigenvalue weighted by molar-refractivity contribution is -0.00273. The molecule has 1 aromatic heterocycles. The lowest BCUT2D eigenvalue weighted by Crippen LogP contribution is -2.42. The molecule has 1 saturated carbocycles. The molecule has 3 heteroatoms. The largest absolute Gasteiger partial charge is 0.379 e. The van der Waals surface area contributed by atoms with Crippen LogP contribution in [0.2, 0.25) is 0 Å². The van der Waals surface area contributed by atoms with Crippen LogP contribution in [0.5, 0.6) is 0 Å². The first-order valence-corrected chi connectivity index (χ1v) is 9.23. The second kappa shape index (κ2) is 6.66. The molecule has 23 heavy (non-hydrogen) atoms. The van der Waals surface area contributed by atoms with Crippen LogP contribution in [0.25, 0.3) is 10.9 Å². The van der Waals surface area contributed by atoms with E-state index in [9.17, 15) is 0 Å². The highest BCUT2D eigenvalue weighted by Crippen LogP contribution is 2.41. The maximum absolute atomic E-state index is 5.61. The number of hydrogen-bond acceptors (Lipinski definition) is 2. The molecule has 1 aliphatic carbocycles. The van der Waals surface area contributed by atoms with Gasteiger partial charge >= 0.3 is 0 Å². The number of ether oxygens (including phenoxy) is 1. The molecule has 1 saturated heterocycles. The monoisotopic (exact) mass is 312 g/mol. The molecule has 124 valence electrons. The zero-order chi connectivity index (χ0) is 15.6. The Balaban J connectivity index is 1.74. The van der Waals surface area contributed by atoms with Gasteiger partial charge in [0.05, 0.1) is 13.2 Å². The van der Waals surface area contributed by atoms with Gasteiger partial charge in [0, 0.05) is 36.2 Å². The van der Waals surface area contributed by atoms with Gasteiger partial charge in [0.1, 0.15) is 0 Å². The molecule has 0 bridgehead atoms. The van der Waals surface area contributed by atoms with Gasteiger partial charge < -0.3 is 9.72 Å². The summed E-state index contributed by atoms with van der Waals surface area (Å²) < 4.78 is 5.61. The van der Waals surface area contributed by atoms with E-state index in [1.807, 2.05) is 0 Å². The molecule has 1 aliphatic heterocycles. The number of aromatic amines is 1. The highest BCUT2D eigenvalue weighted by atomic mass is 16.5. The molecule has 0 radical (unpaired) electrons. The number of aryl methyl sites for hydroxylation is 1. The third kappa shape index (κ3) is 2.92. The van der Waals surface area contributed by atoms with Crippen LogP contribution in [-0.2, 0) is 4.74 Å². The average Bonchev–Trinajstić information content (AvgIpc) is 3.03.